The molecule has 0 atom stereocenters. The predicted octanol–water partition coefficient (Wildman–Crippen LogP) is 0.561. The lowest BCUT2D eigenvalue weighted by molar-refractivity contribution is -0.141. The number of carbonyl (C=O) groups is 2. The third kappa shape index (κ3) is 8.07. The molecule has 0 bridgehead atoms. The number of aliphatic imine (C=N–C) groups is 2. The Hall–Kier alpha value is -4.58. The van der Waals surface area contributed by atoms with Gasteiger partial charge in [-0.15, -0.1) is 0 Å². The molecule has 0 aromatic heterocycles. The van der Waals surface area contributed by atoms with Gasteiger partial charge < -0.3 is 20.3 Å². The van der Waals surface area contributed by atoms with Gasteiger partial charge in [0.05, 0.1) is 24.5 Å². The van der Waals surface area contributed by atoms with Crippen molar-refractivity contribution in [3.8, 4) is 0 Å². The third-order valence-electron chi connectivity index (χ3n) is 6.00. The number of anilines is 2. The van der Waals surface area contributed by atoms with E-state index >= 15 is 0 Å². The Bertz CT molecular complexity index is 1640. The Morgan fingerprint density at radius 3 is 1.48 bits per heavy atom. The van der Waals surface area contributed by atoms with Crippen LogP contribution in [0.25, 0.3) is 0 Å². The van der Waals surface area contributed by atoms with E-state index in [1.54, 1.807) is 0 Å². The van der Waals surface area contributed by atoms with Gasteiger partial charge >= 0.3 is 11.9 Å². The number of carbonyl (C=O) groups excluding carboxylic acids is 2. The minimum Gasteiger partial charge on any atom is -0.370 e. The smallest absolute Gasteiger partial charge is 0.356 e. The summed E-state index contributed by atoms with van der Waals surface area (Å²) >= 11 is 0. The molecule has 14 nitrogen and oxygen atoms in total. The van der Waals surface area contributed by atoms with Crippen LogP contribution in [0.3, 0.4) is 0 Å². The SMILES string of the molecule is CS(=O)(=O)c1c(F)cccc1N(CC1=NCCN1)OC(=O)/C=C/C(=O)ON(CC1=NCCN1)c1cccc(F)c1S(C)(=O)=O. The lowest BCUT2D eigenvalue weighted by Crippen LogP contribution is -2.38. The first kappa shape index (κ1) is 32.3. The van der Waals surface area contributed by atoms with Crippen molar-refractivity contribution in [3.63, 3.8) is 0 Å². The summed E-state index contributed by atoms with van der Waals surface area (Å²) in [6.07, 6.45) is 2.90. The average molecular weight is 655 g/mol. The van der Waals surface area contributed by atoms with E-state index in [1.807, 2.05) is 0 Å². The maximum Gasteiger partial charge on any atom is 0.356 e. The Labute approximate surface area is 251 Å². The van der Waals surface area contributed by atoms with Crippen molar-refractivity contribution in [3.05, 3.63) is 60.2 Å². The summed E-state index contributed by atoms with van der Waals surface area (Å²) < 4.78 is 78.6. The van der Waals surface area contributed by atoms with Crippen LogP contribution in [0.15, 0.2) is 68.3 Å². The van der Waals surface area contributed by atoms with Crippen LogP contribution in [0.1, 0.15) is 0 Å². The Morgan fingerprint density at radius 2 is 1.16 bits per heavy atom. The molecule has 2 heterocycles. The van der Waals surface area contributed by atoms with E-state index < -0.39 is 53.0 Å². The number of nitrogens with one attached hydrogen (secondary N) is 2. The summed E-state index contributed by atoms with van der Waals surface area (Å²) in [4.78, 5) is 43.1. The number of amidine groups is 2. The fourth-order valence-electron chi connectivity index (χ4n) is 4.25. The van der Waals surface area contributed by atoms with Gasteiger partial charge in [-0.05, 0) is 24.3 Å². The molecule has 2 aromatic rings. The molecule has 0 unspecified atom stereocenters. The molecule has 0 saturated carbocycles. The second-order valence-electron chi connectivity index (χ2n) is 9.46. The van der Waals surface area contributed by atoms with Crippen molar-refractivity contribution in [1.29, 1.82) is 0 Å². The van der Waals surface area contributed by atoms with Gasteiger partial charge in [0.2, 0.25) is 0 Å². The predicted molar refractivity (Wildman–Crippen MR) is 156 cm³/mol. The Kier molecular flexibility index (Phi) is 9.83. The monoisotopic (exact) mass is 654 g/mol. The van der Waals surface area contributed by atoms with Gasteiger partial charge in [-0.1, -0.05) is 12.1 Å². The minimum absolute atomic E-state index is 0.271. The lowest BCUT2D eigenvalue weighted by Gasteiger charge is -2.25. The van der Waals surface area contributed by atoms with Crippen molar-refractivity contribution >= 4 is 54.7 Å². The first-order valence-corrected chi connectivity index (χ1v) is 16.7. The van der Waals surface area contributed by atoms with E-state index in [0.29, 0.717) is 50.0 Å². The van der Waals surface area contributed by atoms with Crippen LogP contribution in [-0.2, 0) is 38.9 Å². The number of benzene rings is 2. The van der Waals surface area contributed by atoms with Gasteiger partial charge in [-0.2, -0.15) is 10.1 Å². The first-order valence-electron chi connectivity index (χ1n) is 12.9. The van der Waals surface area contributed by atoms with Crippen LogP contribution in [0, 0.1) is 11.6 Å². The largest absolute Gasteiger partial charge is 0.370 e. The molecule has 0 saturated heterocycles. The van der Waals surface area contributed by atoms with Gasteiger partial charge in [-0.3, -0.25) is 9.98 Å². The van der Waals surface area contributed by atoms with Crippen molar-refractivity contribution in [2.45, 2.75) is 9.79 Å². The highest BCUT2D eigenvalue weighted by Gasteiger charge is 2.28. The molecule has 0 spiro atoms. The molecule has 0 fully saturated rings. The molecular formula is C26H28F2N6O8S2. The number of hydrogen-bond donors (Lipinski definition) is 2. The van der Waals surface area contributed by atoms with Crippen molar-refractivity contribution < 1.29 is 44.9 Å². The standard InChI is InChI=1S/C26H28F2N6O8S2/c1-43(37,38)25-17(27)5-3-7-19(25)33(15-21-29-11-12-30-21)41-23(35)9-10-24(36)42-34(16-22-31-13-14-32-22)20-8-4-6-18(28)26(20)44(2,39)40/h3-10H,11-16H2,1-2H3,(H,29,30)(H,31,32)/b10-9+. The average Bonchev–Trinajstić information content (AvgIpc) is 3.64. The molecule has 0 radical (unpaired) electrons. The maximum atomic E-state index is 14.6. The fourth-order valence-corrected chi connectivity index (χ4v) is 6.19. The number of halogens is 2. The lowest BCUT2D eigenvalue weighted by atomic mass is 10.3. The van der Waals surface area contributed by atoms with Gasteiger partial charge in [0.15, 0.2) is 19.7 Å². The Morgan fingerprint density at radius 1 is 0.773 bits per heavy atom. The molecule has 2 aliphatic heterocycles. The molecule has 0 amide bonds. The number of sulfone groups is 2. The van der Waals surface area contributed by atoms with Crippen LogP contribution in [0.5, 0.6) is 0 Å². The van der Waals surface area contributed by atoms with E-state index in [2.05, 4.69) is 20.6 Å². The van der Waals surface area contributed by atoms with Crippen LogP contribution in [0.2, 0.25) is 0 Å². The first-order chi connectivity index (χ1) is 20.7. The summed E-state index contributed by atoms with van der Waals surface area (Å²) in [5.74, 6) is -3.83. The quantitative estimate of drug-likeness (QED) is 0.241. The second-order valence-corrected chi connectivity index (χ2v) is 13.4. The molecule has 18 heteroatoms. The van der Waals surface area contributed by atoms with Crippen LogP contribution < -0.4 is 20.8 Å². The fraction of sp³-hybridized carbons (Fsp3) is 0.308. The number of rotatable bonds is 12. The third-order valence-corrected chi connectivity index (χ3v) is 8.29. The zero-order chi connectivity index (χ0) is 32.1. The highest BCUT2D eigenvalue weighted by atomic mass is 32.2. The second kappa shape index (κ2) is 13.4. The minimum atomic E-state index is -4.12. The molecular weight excluding hydrogens is 626 g/mol. The van der Waals surface area contributed by atoms with E-state index in [9.17, 15) is 35.2 Å². The summed E-state index contributed by atoms with van der Waals surface area (Å²) in [7, 11) is -8.24. The van der Waals surface area contributed by atoms with Crippen molar-refractivity contribution in [1.82, 2.24) is 10.6 Å². The number of hydroxylamine groups is 2. The number of nitrogens with zero attached hydrogens (tertiary/aromatic N) is 4. The van der Waals surface area contributed by atoms with Crippen molar-refractivity contribution in [2.24, 2.45) is 9.98 Å². The van der Waals surface area contributed by atoms with Gasteiger partial charge in [0.25, 0.3) is 0 Å². The molecule has 2 N–H and O–H groups in total. The van der Waals surface area contributed by atoms with Crippen LogP contribution in [0.4, 0.5) is 20.2 Å². The molecule has 2 aromatic carbocycles. The van der Waals surface area contributed by atoms with E-state index in [1.165, 1.54) is 24.3 Å². The maximum absolute atomic E-state index is 14.6. The van der Waals surface area contributed by atoms with Gasteiger partial charge in [-0.25, -0.2) is 35.2 Å². The summed E-state index contributed by atoms with van der Waals surface area (Å²) in [5.41, 5.74) is -0.577. The topological polar surface area (TPSA) is 176 Å². The summed E-state index contributed by atoms with van der Waals surface area (Å²) in [6, 6.07) is 6.80. The zero-order valence-electron chi connectivity index (χ0n) is 23.5. The Balaban J connectivity index is 1.57. The van der Waals surface area contributed by atoms with E-state index in [-0.39, 0.29) is 24.5 Å². The normalized spacial score (nSPS) is 14.8. The van der Waals surface area contributed by atoms with E-state index in [4.69, 9.17) is 9.68 Å². The zero-order valence-corrected chi connectivity index (χ0v) is 25.1. The molecule has 4 rings (SSSR count). The van der Waals surface area contributed by atoms with Crippen LogP contribution >= 0.6 is 0 Å². The van der Waals surface area contributed by atoms with Gasteiger partial charge in [0.1, 0.15) is 46.2 Å². The molecule has 2 aliphatic rings. The molecule has 44 heavy (non-hydrogen) atoms. The van der Waals surface area contributed by atoms with E-state index in [0.717, 1.165) is 34.8 Å². The van der Waals surface area contributed by atoms with Crippen molar-refractivity contribution in [2.75, 3.05) is 61.9 Å². The summed E-state index contributed by atoms with van der Waals surface area (Å²) in [6.45, 7) is 1.25. The highest BCUT2D eigenvalue weighted by molar-refractivity contribution is 7.91. The summed E-state index contributed by atoms with van der Waals surface area (Å²) in [5, 5.41) is 7.49. The van der Waals surface area contributed by atoms with Gasteiger partial charge in [0, 0.05) is 37.8 Å². The highest BCUT2D eigenvalue weighted by Crippen LogP contribution is 2.30. The molecule has 236 valence electrons. The van der Waals surface area contributed by atoms with Crippen LogP contribution in [-0.4, -0.2) is 92.2 Å². The molecule has 0 aliphatic carbocycles. The number of hydrogen-bond acceptors (Lipinski definition) is 14.